The van der Waals surface area contributed by atoms with Crippen LogP contribution >= 0.6 is 11.6 Å². The largest absolute Gasteiger partial charge is 0.384 e. The van der Waals surface area contributed by atoms with Gasteiger partial charge in [-0.15, -0.1) is 0 Å². The summed E-state index contributed by atoms with van der Waals surface area (Å²) in [6.45, 7) is 0. The van der Waals surface area contributed by atoms with Gasteiger partial charge in [0.1, 0.15) is 23.0 Å². The lowest BCUT2D eigenvalue weighted by atomic mass is 10.2. The Hall–Kier alpha value is -2.21. The summed E-state index contributed by atoms with van der Waals surface area (Å²) in [6, 6.07) is 6.43. The maximum atomic E-state index is 13.6. The number of pyridine rings is 1. The van der Waals surface area contributed by atoms with Gasteiger partial charge in [0, 0.05) is 0 Å². The Bertz CT molecular complexity index is 649. The molecule has 0 bridgehead atoms. The van der Waals surface area contributed by atoms with Gasteiger partial charge in [0.05, 0.1) is 5.02 Å². The number of carbonyl (C=O) groups excluding carboxylic acids is 1. The Morgan fingerprint density at radius 2 is 2.00 bits per heavy atom. The minimum Gasteiger partial charge on any atom is -0.384 e. The first-order valence-electron chi connectivity index (χ1n) is 5.16. The number of hydrogen-bond acceptors (Lipinski definition) is 3. The Morgan fingerprint density at radius 3 is 2.68 bits per heavy atom. The van der Waals surface area contributed by atoms with Crippen molar-refractivity contribution in [1.82, 2.24) is 4.98 Å². The maximum Gasteiger partial charge on any atom is 0.262 e. The van der Waals surface area contributed by atoms with Gasteiger partial charge in [-0.1, -0.05) is 17.7 Å². The van der Waals surface area contributed by atoms with E-state index in [1.165, 1.54) is 12.1 Å². The molecule has 3 N–H and O–H groups in total. The zero-order valence-corrected chi connectivity index (χ0v) is 10.2. The van der Waals surface area contributed by atoms with Crippen LogP contribution in [0.4, 0.5) is 20.4 Å². The molecule has 0 saturated heterocycles. The molecule has 0 unspecified atom stereocenters. The van der Waals surface area contributed by atoms with E-state index in [-0.39, 0.29) is 16.7 Å². The van der Waals surface area contributed by atoms with E-state index in [0.29, 0.717) is 0 Å². The molecule has 0 aliphatic carbocycles. The number of benzene rings is 1. The molecule has 7 heteroatoms. The van der Waals surface area contributed by atoms with Gasteiger partial charge in [0.2, 0.25) is 0 Å². The SMILES string of the molecule is Nc1cccc(NC(=O)c2c(F)ccc(Cl)c2F)n1. The molecule has 0 fully saturated rings. The van der Waals surface area contributed by atoms with Crippen molar-refractivity contribution in [1.29, 1.82) is 0 Å². The number of nitrogens with two attached hydrogens (primary N) is 1. The normalized spacial score (nSPS) is 10.3. The van der Waals surface area contributed by atoms with Gasteiger partial charge in [-0.05, 0) is 24.3 Å². The van der Waals surface area contributed by atoms with E-state index in [4.69, 9.17) is 17.3 Å². The molecule has 1 aromatic carbocycles. The van der Waals surface area contributed by atoms with Gasteiger partial charge in [-0.3, -0.25) is 4.79 Å². The summed E-state index contributed by atoms with van der Waals surface area (Å²) in [7, 11) is 0. The standard InChI is InChI=1S/C12H8ClF2N3O/c13-6-4-5-7(14)10(11(6)15)12(19)18-9-3-1-2-8(16)17-9/h1-5H,(H3,16,17,18,19). The van der Waals surface area contributed by atoms with Crippen molar-refractivity contribution in [2.45, 2.75) is 0 Å². The first-order chi connectivity index (χ1) is 8.99. The van der Waals surface area contributed by atoms with Crippen molar-refractivity contribution >= 4 is 29.1 Å². The quantitative estimate of drug-likeness (QED) is 0.833. The third kappa shape index (κ3) is 2.79. The van der Waals surface area contributed by atoms with Crippen molar-refractivity contribution in [2.24, 2.45) is 0 Å². The van der Waals surface area contributed by atoms with Crippen LogP contribution in [0.3, 0.4) is 0 Å². The van der Waals surface area contributed by atoms with Gasteiger partial charge < -0.3 is 11.1 Å². The summed E-state index contributed by atoms with van der Waals surface area (Å²) in [5, 5.41) is 1.90. The summed E-state index contributed by atoms with van der Waals surface area (Å²) in [4.78, 5) is 15.6. The summed E-state index contributed by atoms with van der Waals surface area (Å²) in [6.07, 6.45) is 0. The Morgan fingerprint density at radius 1 is 1.26 bits per heavy atom. The molecule has 2 aromatic rings. The van der Waals surface area contributed by atoms with Crippen LogP contribution in [0.15, 0.2) is 30.3 Å². The van der Waals surface area contributed by atoms with Crippen LogP contribution in [-0.2, 0) is 0 Å². The molecule has 98 valence electrons. The van der Waals surface area contributed by atoms with Gasteiger partial charge in [-0.25, -0.2) is 13.8 Å². The Labute approximate surface area is 112 Å². The molecule has 4 nitrogen and oxygen atoms in total. The molecule has 0 aliphatic rings. The third-order valence-corrected chi connectivity index (χ3v) is 2.58. The van der Waals surface area contributed by atoms with Crippen LogP contribution < -0.4 is 11.1 Å². The van der Waals surface area contributed by atoms with Crippen LogP contribution in [0.1, 0.15) is 10.4 Å². The van der Waals surface area contributed by atoms with E-state index in [1.54, 1.807) is 6.07 Å². The number of anilines is 2. The minimum absolute atomic E-state index is 0.0868. The topological polar surface area (TPSA) is 68.0 Å². The number of halogens is 3. The lowest BCUT2D eigenvalue weighted by molar-refractivity contribution is 0.101. The second-order valence-electron chi connectivity index (χ2n) is 3.62. The fourth-order valence-electron chi connectivity index (χ4n) is 1.44. The summed E-state index contributed by atoms with van der Waals surface area (Å²) in [5.41, 5.74) is 4.66. The van der Waals surface area contributed by atoms with Gasteiger partial charge in [0.15, 0.2) is 5.82 Å². The Kier molecular flexibility index (Phi) is 3.62. The number of nitrogens with zero attached hydrogens (tertiary/aromatic N) is 1. The average molecular weight is 284 g/mol. The van der Waals surface area contributed by atoms with Crippen molar-refractivity contribution in [2.75, 3.05) is 11.1 Å². The first kappa shape index (κ1) is 13.2. The maximum absolute atomic E-state index is 13.6. The number of nitrogens with one attached hydrogen (secondary N) is 1. The zero-order chi connectivity index (χ0) is 14.0. The van der Waals surface area contributed by atoms with E-state index in [9.17, 15) is 13.6 Å². The van der Waals surface area contributed by atoms with Crippen molar-refractivity contribution in [3.05, 3.63) is 52.6 Å². The predicted molar refractivity (Wildman–Crippen MR) is 68.0 cm³/mol. The fourth-order valence-corrected chi connectivity index (χ4v) is 1.59. The molecule has 1 heterocycles. The molecule has 0 aliphatic heterocycles. The average Bonchev–Trinajstić information content (AvgIpc) is 2.34. The molecule has 1 aromatic heterocycles. The number of aromatic nitrogens is 1. The second-order valence-corrected chi connectivity index (χ2v) is 4.03. The highest BCUT2D eigenvalue weighted by Gasteiger charge is 2.20. The Balaban J connectivity index is 2.33. The number of carbonyl (C=O) groups is 1. The summed E-state index contributed by atoms with van der Waals surface area (Å²) in [5.74, 6) is -2.87. The lowest BCUT2D eigenvalue weighted by Crippen LogP contribution is -2.17. The third-order valence-electron chi connectivity index (χ3n) is 2.28. The van der Waals surface area contributed by atoms with Crippen molar-refractivity contribution in [3.63, 3.8) is 0 Å². The number of nitrogen functional groups attached to an aromatic ring is 1. The molecule has 0 spiro atoms. The highest BCUT2D eigenvalue weighted by Crippen LogP contribution is 2.22. The molecule has 0 atom stereocenters. The summed E-state index contributed by atoms with van der Waals surface area (Å²) < 4.78 is 27.1. The van der Waals surface area contributed by atoms with E-state index >= 15 is 0 Å². The second kappa shape index (κ2) is 5.19. The first-order valence-corrected chi connectivity index (χ1v) is 5.54. The van der Waals surface area contributed by atoms with E-state index in [0.717, 1.165) is 12.1 Å². The van der Waals surface area contributed by atoms with Crippen LogP contribution in [0.25, 0.3) is 0 Å². The van der Waals surface area contributed by atoms with Crippen LogP contribution in [0, 0.1) is 11.6 Å². The fraction of sp³-hybridized carbons (Fsp3) is 0. The van der Waals surface area contributed by atoms with E-state index in [1.807, 2.05) is 0 Å². The predicted octanol–water partition coefficient (Wildman–Crippen LogP) is 2.85. The molecular formula is C12H8ClF2N3O. The minimum atomic E-state index is -1.12. The van der Waals surface area contributed by atoms with Crippen molar-refractivity contribution < 1.29 is 13.6 Å². The zero-order valence-electron chi connectivity index (χ0n) is 9.45. The highest BCUT2D eigenvalue weighted by molar-refractivity contribution is 6.31. The van der Waals surface area contributed by atoms with Gasteiger partial charge >= 0.3 is 0 Å². The lowest BCUT2D eigenvalue weighted by Gasteiger charge is -2.07. The van der Waals surface area contributed by atoms with Gasteiger partial charge in [-0.2, -0.15) is 0 Å². The van der Waals surface area contributed by atoms with E-state index in [2.05, 4.69) is 10.3 Å². The summed E-state index contributed by atoms with van der Waals surface area (Å²) >= 11 is 5.50. The number of rotatable bonds is 2. The highest BCUT2D eigenvalue weighted by atomic mass is 35.5. The molecule has 0 radical (unpaired) electrons. The molecule has 2 rings (SSSR count). The molecule has 1 amide bonds. The number of amides is 1. The molecule has 19 heavy (non-hydrogen) atoms. The monoisotopic (exact) mass is 283 g/mol. The smallest absolute Gasteiger partial charge is 0.262 e. The van der Waals surface area contributed by atoms with Crippen LogP contribution in [0.2, 0.25) is 5.02 Å². The van der Waals surface area contributed by atoms with Crippen LogP contribution in [0.5, 0.6) is 0 Å². The molecule has 0 saturated carbocycles. The molecular weight excluding hydrogens is 276 g/mol. The van der Waals surface area contributed by atoms with E-state index < -0.39 is 23.1 Å². The van der Waals surface area contributed by atoms with Crippen LogP contribution in [-0.4, -0.2) is 10.9 Å². The van der Waals surface area contributed by atoms with Crippen molar-refractivity contribution in [3.8, 4) is 0 Å². The van der Waals surface area contributed by atoms with Gasteiger partial charge in [0.25, 0.3) is 5.91 Å². The number of hydrogen-bond donors (Lipinski definition) is 2.